The van der Waals surface area contributed by atoms with Gasteiger partial charge >= 0.3 is 6.18 Å². The van der Waals surface area contributed by atoms with E-state index in [0.717, 1.165) is 12.1 Å². The van der Waals surface area contributed by atoms with Crippen LogP contribution in [0.2, 0.25) is 0 Å². The van der Waals surface area contributed by atoms with E-state index in [1.807, 2.05) is 0 Å². The van der Waals surface area contributed by atoms with Crippen molar-refractivity contribution in [3.63, 3.8) is 0 Å². The van der Waals surface area contributed by atoms with Crippen molar-refractivity contribution in [2.24, 2.45) is 0 Å². The van der Waals surface area contributed by atoms with Crippen molar-refractivity contribution >= 4 is 17.3 Å². The summed E-state index contributed by atoms with van der Waals surface area (Å²) in [5, 5.41) is 16.3. The number of anilines is 1. The molecular weight excluding hydrogens is 367 g/mol. The van der Waals surface area contributed by atoms with Crippen LogP contribution in [-0.4, -0.2) is 31.0 Å². The molecule has 0 atom stereocenters. The van der Waals surface area contributed by atoms with E-state index in [9.17, 15) is 28.1 Å². The molecule has 7 nitrogen and oxygen atoms in total. The van der Waals surface area contributed by atoms with E-state index in [1.54, 1.807) is 24.3 Å². The van der Waals surface area contributed by atoms with Crippen LogP contribution in [-0.2, 0) is 6.18 Å². The van der Waals surface area contributed by atoms with Gasteiger partial charge < -0.3 is 15.4 Å². The number of alkyl halides is 3. The number of halogens is 3. The Morgan fingerprint density at radius 2 is 1.81 bits per heavy atom. The third kappa shape index (κ3) is 5.33. The molecule has 10 heteroatoms. The summed E-state index contributed by atoms with van der Waals surface area (Å²) in [6.45, 7) is 0.205. The number of nitrogens with one attached hydrogen (secondary N) is 2. The monoisotopic (exact) mass is 383 g/mol. The fourth-order valence-corrected chi connectivity index (χ4v) is 2.23. The number of hydrogen-bond donors (Lipinski definition) is 2. The number of ether oxygens (including phenoxy) is 1. The topological polar surface area (TPSA) is 93.5 Å². The summed E-state index contributed by atoms with van der Waals surface area (Å²) in [7, 11) is 1.50. The van der Waals surface area contributed by atoms with Gasteiger partial charge in [-0.15, -0.1) is 0 Å². The minimum atomic E-state index is -4.67. The molecule has 2 aromatic carbocycles. The standard InChI is InChI=1S/C17H16F3N3O4/c1-27-13-5-2-11(3-6-13)16(24)22-9-8-21-14-7-4-12(17(18,19)20)10-15(14)23(25)26/h2-7,10,21H,8-9H2,1H3,(H,22,24). The lowest BCUT2D eigenvalue weighted by Crippen LogP contribution is -2.28. The highest BCUT2D eigenvalue weighted by Crippen LogP contribution is 2.34. The number of nitro groups is 1. The second-order valence-electron chi connectivity index (χ2n) is 5.40. The van der Waals surface area contributed by atoms with Gasteiger partial charge in [0.05, 0.1) is 17.6 Å². The summed E-state index contributed by atoms with van der Waals surface area (Å²) in [6.07, 6.45) is -4.67. The summed E-state index contributed by atoms with van der Waals surface area (Å²) in [5.74, 6) is 0.240. The highest BCUT2D eigenvalue weighted by atomic mass is 19.4. The number of nitro benzene ring substituents is 1. The van der Waals surface area contributed by atoms with Gasteiger partial charge in [0, 0.05) is 24.7 Å². The van der Waals surface area contributed by atoms with Crippen LogP contribution in [0.5, 0.6) is 5.75 Å². The number of carbonyl (C=O) groups is 1. The number of benzene rings is 2. The average Bonchev–Trinajstić information content (AvgIpc) is 2.64. The summed E-state index contributed by atoms with van der Waals surface area (Å²) < 4.78 is 43.0. The van der Waals surface area contributed by atoms with E-state index in [2.05, 4.69) is 10.6 Å². The van der Waals surface area contributed by atoms with Crippen LogP contribution in [0, 0.1) is 10.1 Å². The van der Waals surface area contributed by atoms with E-state index in [1.165, 1.54) is 7.11 Å². The van der Waals surface area contributed by atoms with Crippen molar-refractivity contribution in [1.29, 1.82) is 0 Å². The second-order valence-corrected chi connectivity index (χ2v) is 5.40. The predicted octanol–water partition coefficient (Wildman–Crippen LogP) is 3.46. The Hall–Kier alpha value is -3.30. The zero-order valence-corrected chi connectivity index (χ0v) is 14.2. The molecule has 2 N–H and O–H groups in total. The summed E-state index contributed by atoms with van der Waals surface area (Å²) in [4.78, 5) is 22.1. The van der Waals surface area contributed by atoms with Crippen LogP contribution in [0.3, 0.4) is 0 Å². The van der Waals surface area contributed by atoms with Gasteiger partial charge in [0.25, 0.3) is 11.6 Å². The zero-order valence-electron chi connectivity index (χ0n) is 14.2. The predicted molar refractivity (Wildman–Crippen MR) is 91.9 cm³/mol. The van der Waals surface area contributed by atoms with Crippen molar-refractivity contribution in [3.05, 3.63) is 63.7 Å². The number of nitrogens with zero attached hydrogens (tertiary/aromatic N) is 1. The molecule has 0 spiro atoms. The fraction of sp³-hybridized carbons (Fsp3) is 0.235. The third-order valence-corrected chi connectivity index (χ3v) is 3.60. The molecule has 0 aromatic heterocycles. The maximum Gasteiger partial charge on any atom is 0.416 e. The molecule has 2 aromatic rings. The molecule has 0 saturated carbocycles. The second kappa shape index (κ2) is 8.39. The fourth-order valence-electron chi connectivity index (χ4n) is 2.23. The Morgan fingerprint density at radius 3 is 2.37 bits per heavy atom. The van der Waals surface area contributed by atoms with Crippen molar-refractivity contribution in [1.82, 2.24) is 5.32 Å². The SMILES string of the molecule is COc1ccc(C(=O)NCCNc2ccc(C(F)(F)F)cc2[N+](=O)[O-])cc1. The molecule has 0 aliphatic carbocycles. The molecule has 0 unspecified atom stereocenters. The Labute approximate surface area is 152 Å². The van der Waals surface area contributed by atoms with E-state index in [4.69, 9.17) is 4.74 Å². The molecule has 0 saturated heterocycles. The first-order chi connectivity index (χ1) is 12.7. The molecule has 27 heavy (non-hydrogen) atoms. The third-order valence-electron chi connectivity index (χ3n) is 3.60. The van der Waals surface area contributed by atoms with Crippen molar-refractivity contribution < 1.29 is 27.6 Å². The van der Waals surface area contributed by atoms with Gasteiger partial charge in [-0.3, -0.25) is 14.9 Å². The average molecular weight is 383 g/mol. The Bertz CT molecular complexity index is 823. The van der Waals surface area contributed by atoms with E-state index >= 15 is 0 Å². The first kappa shape index (κ1) is 20.0. The Morgan fingerprint density at radius 1 is 1.15 bits per heavy atom. The minimum Gasteiger partial charge on any atom is -0.497 e. The maximum absolute atomic E-state index is 12.7. The van der Waals surface area contributed by atoms with Gasteiger partial charge in [-0.05, 0) is 36.4 Å². The van der Waals surface area contributed by atoms with Gasteiger partial charge in [-0.25, -0.2) is 0 Å². The molecule has 0 fully saturated rings. The van der Waals surface area contributed by atoms with Crippen molar-refractivity contribution in [2.45, 2.75) is 6.18 Å². The van der Waals surface area contributed by atoms with Crippen LogP contribution in [0.15, 0.2) is 42.5 Å². The van der Waals surface area contributed by atoms with Crippen molar-refractivity contribution in [2.75, 3.05) is 25.5 Å². The molecule has 0 heterocycles. The highest BCUT2D eigenvalue weighted by Gasteiger charge is 2.32. The van der Waals surface area contributed by atoms with Gasteiger partial charge in [0.15, 0.2) is 0 Å². The van der Waals surface area contributed by atoms with Crippen LogP contribution in [0.1, 0.15) is 15.9 Å². The largest absolute Gasteiger partial charge is 0.497 e. The lowest BCUT2D eigenvalue weighted by Gasteiger charge is -2.11. The lowest BCUT2D eigenvalue weighted by molar-refractivity contribution is -0.384. The van der Waals surface area contributed by atoms with Gasteiger partial charge in [0.2, 0.25) is 0 Å². The van der Waals surface area contributed by atoms with Crippen molar-refractivity contribution in [3.8, 4) is 5.75 Å². The number of methoxy groups -OCH3 is 1. The number of hydrogen-bond acceptors (Lipinski definition) is 5. The van der Waals surface area contributed by atoms with Crippen LogP contribution in [0.25, 0.3) is 0 Å². The quantitative estimate of drug-likeness (QED) is 0.434. The first-order valence-electron chi connectivity index (χ1n) is 7.74. The van der Waals surface area contributed by atoms with Crippen LogP contribution in [0.4, 0.5) is 24.5 Å². The Balaban J connectivity index is 1.94. The van der Waals surface area contributed by atoms with Gasteiger partial charge in [0.1, 0.15) is 11.4 Å². The van der Waals surface area contributed by atoms with Crippen LogP contribution < -0.4 is 15.4 Å². The van der Waals surface area contributed by atoms with E-state index in [-0.39, 0.29) is 24.7 Å². The molecule has 2 rings (SSSR count). The molecule has 0 aliphatic heterocycles. The van der Waals surface area contributed by atoms with E-state index < -0.39 is 22.4 Å². The highest BCUT2D eigenvalue weighted by molar-refractivity contribution is 5.94. The Kier molecular flexibility index (Phi) is 6.22. The summed E-state index contributed by atoms with van der Waals surface area (Å²) in [5.41, 5.74) is -1.46. The molecule has 0 aliphatic rings. The molecule has 144 valence electrons. The molecular formula is C17H16F3N3O4. The maximum atomic E-state index is 12.7. The van der Waals surface area contributed by atoms with Crippen LogP contribution >= 0.6 is 0 Å². The zero-order chi connectivity index (χ0) is 20.0. The minimum absolute atomic E-state index is 0.0632. The smallest absolute Gasteiger partial charge is 0.416 e. The normalized spacial score (nSPS) is 11.0. The van der Waals surface area contributed by atoms with Gasteiger partial charge in [-0.1, -0.05) is 0 Å². The molecule has 0 bridgehead atoms. The number of amides is 1. The number of carbonyl (C=O) groups excluding carboxylic acids is 1. The summed E-state index contributed by atoms with van der Waals surface area (Å²) >= 11 is 0. The van der Waals surface area contributed by atoms with E-state index in [0.29, 0.717) is 17.4 Å². The molecule has 1 amide bonds. The summed E-state index contributed by atoms with van der Waals surface area (Å²) in [6, 6.07) is 8.61. The lowest BCUT2D eigenvalue weighted by atomic mass is 10.1. The number of rotatable bonds is 7. The first-order valence-corrected chi connectivity index (χ1v) is 7.74. The van der Waals surface area contributed by atoms with Gasteiger partial charge in [-0.2, -0.15) is 13.2 Å². The molecule has 0 radical (unpaired) electrons.